The molecule has 5 atom stereocenters. The van der Waals surface area contributed by atoms with Crippen LogP contribution >= 0.6 is 0 Å². The first-order chi connectivity index (χ1) is 16.0. The standard InChI is InChI=1S/C28H48O5Si/c1-19(2)34(20(3)4,21(5)6)33-24(22(7)26-18-30-28(8,9)32-26)15-25-27(31-25)17-29-16-23-13-11-10-12-14-23/h10-14,19-22,24-27H,15-18H2,1-9H3/t22-,24+,25+,26-,27-/m1/s1. The lowest BCUT2D eigenvalue weighted by Gasteiger charge is -2.46. The molecule has 1 aromatic rings. The molecule has 2 saturated heterocycles. The number of epoxide rings is 1. The van der Waals surface area contributed by atoms with Gasteiger partial charge in [-0.3, -0.25) is 0 Å². The fraction of sp³-hybridized carbons (Fsp3) is 0.786. The molecule has 1 aromatic carbocycles. The van der Waals surface area contributed by atoms with Gasteiger partial charge in [0.15, 0.2) is 5.79 Å². The van der Waals surface area contributed by atoms with Crippen LogP contribution in [0.3, 0.4) is 0 Å². The van der Waals surface area contributed by atoms with Crippen LogP contribution in [0.5, 0.6) is 0 Å². The molecule has 0 spiro atoms. The van der Waals surface area contributed by atoms with E-state index in [1.54, 1.807) is 0 Å². The predicted octanol–water partition coefficient (Wildman–Crippen LogP) is 6.71. The lowest BCUT2D eigenvalue weighted by atomic mass is 9.94. The van der Waals surface area contributed by atoms with Gasteiger partial charge < -0.3 is 23.4 Å². The third-order valence-electron chi connectivity index (χ3n) is 7.81. The molecule has 0 radical (unpaired) electrons. The molecule has 3 rings (SSSR count). The Morgan fingerprint density at radius 1 is 0.941 bits per heavy atom. The molecule has 2 heterocycles. The van der Waals surface area contributed by atoms with Crippen molar-refractivity contribution in [2.45, 2.75) is 122 Å². The van der Waals surface area contributed by atoms with Gasteiger partial charge in [-0.2, -0.15) is 0 Å². The largest absolute Gasteiger partial charge is 0.413 e. The minimum atomic E-state index is -2.05. The minimum absolute atomic E-state index is 0.0321. The molecular formula is C28H48O5Si. The van der Waals surface area contributed by atoms with Gasteiger partial charge in [0.1, 0.15) is 6.10 Å². The van der Waals surface area contributed by atoms with Gasteiger partial charge in [0.05, 0.1) is 38.1 Å². The zero-order valence-electron chi connectivity index (χ0n) is 22.9. The summed E-state index contributed by atoms with van der Waals surface area (Å²) in [5, 5.41) is 0. The van der Waals surface area contributed by atoms with Crippen molar-refractivity contribution in [2.24, 2.45) is 5.92 Å². The topological polar surface area (TPSA) is 49.5 Å². The van der Waals surface area contributed by atoms with Crippen LogP contribution in [0.1, 0.15) is 74.3 Å². The fourth-order valence-corrected chi connectivity index (χ4v) is 11.5. The van der Waals surface area contributed by atoms with E-state index in [0.717, 1.165) is 6.42 Å². The smallest absolute Gasteiger partial charge is 0.200 e. The summed E-state index contributed by atoms with van der Waals surface area (Å²) in [6.45, 7) is 22.2. The molecule has 6 heteroatoms. The summed E-state index contributed by atoms with van der Waals surface area (Å²) in [5.41, 5.74) is 2.79. The van der Waals surface area contributed by atoms with Crippen molar-refractivity contribution in [3.63, 3.8) is 0 Å². The number of hydrogen-bond donors (Lipinski definition) is 0. The lowest BCUT2D eigenvalue weighted by molar-refractivity contribution is -0.148. The second-order valence-corrected chi connectivity index (χ2v) is 17.1. The van der Waals surface area contributed by atoms with Crippen LogP contribution in [0.15, 0.2) is 30.3 Å². The third-order valence-corrected chi connectivity index (χ3v) is 13.9. The van der Waals surface area contributed by atoms with Crippen molar-refractivity contribution < 1.29 is 23.4 Å². The van der Waals surface area contributed by atoms with Crippen LogP contribution in [-0.4, -0.2) is 51.7 Å². The van der Waals surface area contributed by atoms with E-state index in [0.29, 0.717) is 36.4 Å². The predicted molar refractivity (Wildman–Crippen MR) is 139 cm³/mol. The summed E-state index contributed by atoms with van der Waals surface area (Å²) >= 11 is 0. The quantitative estimate of drug-likeness (QED) is 0.226. The van der Waals surface area contributed by atoms with Crippen molar-refractivity contribution in [1.29, 1.82) is 0 Å². The fourth-order valence-electron chi connectivity index (χ4n) is 5.88. The summed E-state index contributed by atoms with van der Waals surface area (Å²) in [6, 6.07) is 10.3. The Balaban J connectivity index is 1.67. The first kappa shape index (κ1) is 27.8. The maximum atomic E-state index is 7.32. The van der Waals surface area contributed by atoms with Crippen LogP contribution in [-0.2, 0) is 30.0 Å². The molecule has 0 N–H and O–H groups in total. The van der Waals surface area contributed by atoms with Crippen LogP contribution < -0.4 is 0 Å². The van der Waals surface area contributed by atoms with Crippen LogP contribution in [0.25, 0.3) is 0 Å². The van der Waals surface area contributed by atoms with Gasteiger partial charge in [0.25, 0.3) is 0 Å². The highest BCUT2D eigenvalue weighted by atomic mass is 28.4. The average molecular weight is 493 g/mol. The Bertz CT molecular complexity index is 729. The highest BCUT2D eigenvalue weighted by molar-refractivity contribution is 6.77. The van der Waals surface area contributed by atoms with E-state index >= 15 is 0 Å². The first-order valence-corrected chi connectivity index (χ1v) is 15.4. The minimum Gasteiger partial charge on any atom is -0.413 e. The molecule has 0 amide bonds. The Morgan fingerprint density at radius 2 is 1.56 bits per heavy atom. The lowest BCUT2D eigenvalue weighted by Crippen LogP contribution is -2.52. The van der Waals surface area contributed by atoms with Gasteiger partial charge in [-0.15, -0.1) is 0 Å². The average Bonchev–Trinajstić information content (AvgIpc) is 3.40. The third kappa shape index (κ3) is 6.71. The Labute approximate surface area is 209 Å². The van der Waals surface area contributed by atoms with Crippen molar-refractivity contribution >= 4 is 8.32 Å². The monoisotopic (exact) mass is 492 g/mol. The van der Waals surface area contributed by atoms with Gasteiger partial charge in [-0.05, 0) is 36.0 Å². The van der Waals surface area contributed by atoms with Crippen molar-refractivity contribution in [3.05, 3.63) is 35.9 Å². The maximum absolute atomic E-state index is 7.32. The second-order valence-electron chi connectivity index (χ2n) is 11.6. The van der Waals surface area contributed by atoms with Crippen LogP contribution in [0.2, 0.25) is 16.6 Å². The van der Waals surface area contributed by atoms with Crippen molar-refractivity contribution in [3.8, 4) is 0 Å². The summed E-state index contributed by atoms with van der Waals surface area (Å²) in [4.78, 5) is 0. The van der Waals surface area contributed by atoms with E-state index in [1.807, 2.05) is 32.0 Å². The summed E-state index contributed by atoms with van der Waals surface area (Å²) in [7, 11) is -2.05. The number of ether oxygens (including phenoxy) is 4. The summed E-state index contributed by atoms with van der Waals surface area (Å²) < 4.78 is 31.5. The molecule has 0 bridgehead atoms. The molecule has 0 aromatic heterocycles. The SMILES string of the molecule is CC(C)[Si](O[C@@H](C[C@@H]1O[C@@H]1COCc1ccccc1)[C@@H](C)[C@H]1COC(C)(C)O1)(C(C)C)C(C)C. The molecule has 5 nitrogen and oxygen atoms in total. The van der Waals surface area contributed by atoms with Gasteiger partial charge in [-0.25, -0.2) is 0 Å². The van der Waals surface area contributed by atoms with Crippen molar-refractivity contribution in [1.82, 2.24) is 0 Å². The first-order valence-electron chi connectivity index (χ1n) is 13.2. The van der Waals surface area contributed by atoms with Gasteiger partial charge in [-0.1, -0.05) is 78.8 Å². The Morgan fingerprint density at radius 3 is 2.09 bits per heavy atom. The van der Waals surface area contributed by atoms with Gasteiger partial charge >= 0.3 is 0 Å². The van der Waals surface area contributed by atoms with Crippen LogP contribution in [0, 0.1) is 5.92 Å². The second kappa shape index (κ2) is 11.5. The Kier molecular flexibility index (Phi) is 9.43. The Hall–Kier alpha value is -0.763. The molecule has 2 aliphatic rings. The molecule has 2 aliphatic heterocycles. The summed E-state index contributed by atoms with van der Waals surface area (Å²) in [5.74, 6) is -0.310. The van der Waals surface area contributed by atoms with Crippen LogP contribution in [0.4, 0.5) is 0 Å². The zero-order valence-corrected chi connectivity index (χ0v) is 23.9. The molecule has 2 fully saturated rings. The van der Waals surface area contributed by atoms with Gasteiger partial charge in [0.2, 0.25) is 8.32 Å². The molecule has 0 unspecified atom stereocenters. The van der Waals surface area contributed by atoms with Crippen molar-refractivity contribution in [2.75, 3.05) is 13.2 Å². The molecular weight excluding hydrogens is 444 g/mol. The molecule has 194 valence electrons. The summed E-state index contributed by atoms with van der Waals surface area (Å²) in [6.07, 6.45) is 1.31. The number of benzene rings is 1. The molecule has 0 saturated carbocycles. The number of rotatable bonds is 13. The number of hydrogen-bond acceptors (Lipinski definition) is 5. The van der Waals surface area contributed by atoms with E-state index in [9.17, 15) is 0 Å². The van der Waals surface area contributed by atoms with E-state index in [2.05, 4.69) is 60.6 Å². The van der Waals surface area contributed by atoms with E-state index in [1.165, 1.54) is 5.56 Å². The zero-order chi connectivity index (χ0) is 25.1. The van der Waals surface area contributed by atoms with Gasteiger partial charge in [0, 0.05) is 12.3 Å². The highest BCUT2D eigenvalue weighted by Crippen LogP contribution is 2.46. The highest BCUT2D eigenvalue weighted by Gasteiger charge is 2.51. The maximum Gasteiger partial charge on any atom is 0.200 e. The van der Waals surface area contributed by atoms with E-state index < -0.39 is 14.1 Å². The normalized spacial score (nSPS) is 26.4. The molecule has 34 heavy (non-hydrogen) atoms. The van der Waals surface area contributed by atoms with E-state index in [4.69, 9.17) is 23.4 Å². The van der Waals surface area contributed by atoms with E-state index in [-0.39, 0.29) is 30.3 Å². The molecule has 0 aliphatic carbocycles.